The largest absolute Gasteiger partial charge is 0.401 e. The molecule has 10 heteroatoms. The molecule has 3 rings (SSSR count). The van der Waals surface area contributed by atoms with Gasteiger partial charge in [0, 0.05) is 57.6 Å². The predicted octanol–water partition coefficient (Wildman–Crippen LogP) is 2.59. The number of guanidine groups is 1. The van der Waals surface area contributed by atoms with Crippen molar-refractivity contribution in [1.29, 1.82) is 0 Å². The van der Waals surface area contributed by atoms with E-state index in [2.05, 4.69) is 15.6 Å². The number of rotatable bonds is 5. The molecule has 0 amide bonds. The van der Waals surface area contributed by atoms with Crippen LogP contribution in [0.3, 0.4) is 0 Å². The van der Waals surface area contributed by atoms with Gasteiger partial charge in [-0.3, -0.25) is 9.89 Å². The predicted molar refractivity (Wildman–Crippen MR) is 102 cm³/mol. The average molecular weight is 419 g/mol. The van der Waals surface area contributed by atoms with Gasteiger partial charge >= 0.3 is 6.18 Å². The van der Waals surface area contributed by atoms with Crippen LogP contribution in [0.2, 0.25) is 0 Å². The van der Waals surface area contributed by atoms with Crippen LogP contribution in [0.1, 0.15) is 12.8 Å². The van der Waals surface area contributed by atoms with Crippen molar-refractivity contribution < 1.29 is 22.0 Å². The van der Waals surface area contributed by atoms with Crippen molar-refractivity contribution in [2.24, 2.45) is 10.9 Å². The Morgan fingerprint density at radius 3 is 2.62 bits per heavy atom. The zero-order valence-corrected chi connectivity index (χ0v) is 16.3. The Kier molecular flexibility index (Phi) is 6.81. The van der Waals surface area contributed by atoms with Gasteiger partial charge in [0.2, 0.25) is 0 Å². The van der Waals surface area contributed by atoms with Gasteiger partial charge in [-0.15, -0.1) is 0 Å². The van der Waals surface area contributed by atoms with Gasteiger partial charge in [-0.25, -0.2) is 8.78 Å². The highest BCUT2D eigenvalue weighted by molar-refractivity contribution is 5.80. The topological polar surface area (TPSA) is 42.9 Å². The van der Waals surface area contributed by atoms with Gasteiger partial charge in [0.1, 0.15) is 0 Å². The fourth-order valence-electron chi connectivity index (χ4n) is 3.89. The summed E-state index contributed by atoms with van der Waals surface area (Å²) in [6.07, 6.45) is -2.66. The standard InChI is InChI=1S/C19H26F5N5/c1-25-18(27-14-5-6-28(11-14)12-19(22,23)24)26-9-13-4-7-29(10-13)15-2-3-16(20)17(21)8-15/h2-3,8,13-14H,4-7,9-12H2,1H3,(H2,25,26,27). The zero-order chi connectivity index (χ0) is 21.0. The molecule has 2 fully saturated rings. The van der Waals surface area contributed by atoms with Crippen LogP contribution < -0.4 is 15.5 Å². The summed E-state index contributed by atoms with van der Waals surface area (Å²) in [5, 5.41) is 6.42. The van der Waals surface area contributed by atoms with E-state index in [0.29, 0.717) is 50.2 Å². The van der Waals surface area contributed by atoms with Gasteiger partial charge in [0.05, 0.1) is 6.54 Å². The second-order valence-corrected chi connectivity index (χ2v) is 7.63. The first kappa shape index (κ1) is 21.6. The molecule has 0 aliphatic carbocycles. The molecule has 0 bridgehead atoms. The first-order chi connectivity index (χ1) is 13.7. The number of alkyl halides is 3. The van der Waals surface area contributed by atoms with Gasteiger partial charge in [-0.2, -0.15) is 13.2 Å². The lowest BCUT2D eigenvalue weighted by Crippen LogP contribution is -2.46. The molecule has 0 radical (unpaired) electrons. The normalized spacial score (nSPS) is 23.7. The summed E-state index contributed by atoms with van der Waals surface area (Å²) in [6, 6.07) is 3.83. The number of aliphatic imine (C=N–C) groups is 1. The van der Waals surface area contributed by atoms with E-state index in [4.69, 9.17) is 0 Å². The van der Waals surface area contributed by atoms with Crippen LogP contribution in [-0.4, -0.2) is 69.4 Å². The molecule has 1 aromatic carbocycles. The molecule has 2 heterocycles. The maximum absolute atomic E-state index is 13.4. The monoisotopic (exact) mass is 419 g/mol. The summed E-state index contributed by atoms with van der Waals surface area (Å²) in [4.78, 5) is 7.56. The Bertz CT molecular complexity index is 723. The molecule has 2 aliphatic heterocycles. The summed E-state index contributed by atoms with van der Waals surface area (Å²) in [6.45, 7) is 1.93. The average Bonchev–Trinajstić information content (AvgIpc) is 3.29. The highest BCUT2D eigenvalue weighted by Gasteiger charge is 2.34. The van der Waals surface area contributed by atoms with Crippen LogP contribution in [0, 0.1) is 17.6 Å². The number of hydrogen-bond acceptors (Lipinski definition) is 3. The van der Waals surface area contributed by atoms with E-state index < -0.39 is 24.4 Å². The minimum Gasteiger partial charge on any atom is -0.371 e. The summed E-state index contributed by atoms with van der Waals surface area (Å²) in [5.74, 6) is -0.853. The fraction of sp³-hybridized carbons (Fsp3) is 0.632. The van der Waals surface area contributed by atoms with Crippen LogP contribution in [-0.2, 0) is 0 Å². The number of anilines is 1. The third-order valence-electron chi connectivity index (χ3n) is 5.35. The van der Waals surface area contributed by atoms with Crippen molar-refractivity contribution in [2.75, 3.05) is 51.2 Å². The molecule has 2 saturated heterocycles. The van der Waals surface area contributed by atoms with Crippen molar-refractivity contribution in [2.45, 2.75) is 25.1 Å². The summed E-state index contributed by atoms with van der Waals surface area (Å²) in [5.41, 5.74) is 0.657. The van der Waals surface area contributed by atoms with E-state index >= 15 is 0 Å². The van der Waals surface area contributed by atoms with Crippen LogP contribution in [0.5, 0.6) is 0 Å². The van der Waals surface area contributed by atoms with E-state index in [1.807, 2.05) is 4.90 Å². The van der Waals surface area contributed by atoms with Crippen molar-refractivity contribution >= 4 is 11.6 Å². The van der Waals surface area contributed by atoms with Crippen molar-refractivity contribution in [3.63, 3.8) is 0 Å². The Balaban J connectivity index is 1.43. The SMILES string of the molecule is CN=C(NCC1CCN(c2ccc(F)c(F)c2)C1)NC1CCN(CC(F)(F)F)C1. The Hall–Kier alpha value is -2.10. The smallest absolute Gasteiger partial charge is 0.371 e. The molecule has 2 aliphatic rings. The molecule has 5 nitrogen and oxygen atoms in total. The molecule has 1 aromatic rings. The highest BCUT2D eigenvalue weighted by Crippen LogP contribution is 2.25. The third-order valence-corrected chi connectivity index (χ3v) is 5.35. The molecule has 2 atom stereocenters. The van der Waals surface area contributed by atoms with Gasteiger partial charge in [-0.1, -0.05) is 0 Å². The lowest BCUT2D eigenvalue weighted by Gasteiger charge is -2.21. The lowest BCUT2D eigenvalue weighted by molar-refractivity contribution is -0.143. The highest BCUT2D eigenvalue weighted by atomic mass is 19.4. The number of benzene rings is 1. The molecule has 162 valence electrons. The van der Waals surface area contributed by atoms with Crippen LogP contribution >= 0.6 is 0 Å². The van der Waals surface area contributed by atoms with E-state index in [1.165, 1.54) is 11.0 Å². The zero-order valence-electron chi connectivity index (χ0n) is 16.3. The minimum atomic E-state index is -4.18. The van der Waals surface area contributed by atoms with Crippen molar-refractivity contribution in [3.05, 3.63) is 29.8 Å². The number of nitrogens with zero attached hydrogens (tertiary/aromatic N) is 3. The quantitative estimate of drug-likeness (QED) is 0.438. The second kappa shape index (κ2) is 9.15. The Morgan fingerprint density at radius 1 is 1.14 bits per heavy atom. The van der Waals surface area contributed by atoms with Gasteiger partial charge < -0.3 is 15.5 Å². The molecule has 2 N–H and O–H groups in total. The van der Waals surface area contributed by atoms with E-state index in [1.54, 1.807) is 13.1 Å². The van der Waals surface area contributed by atoms with Gasteiger partial charge in [-0.05, 0) is 30.9 Å². The van der Waals surface area contributed by atoms with Gasteiger partial charge in [0.15, 0.2) is 17.6 Å². The summed E-state index contributed by atoms with van der Waals surface area (Å²) >= 11 is 0. The minimum absolute atomic E-state index is 0.0779. The van der Waals surface area contributed by atoms with E-state index in [-0.39, 0.29) is 6.04 Å². The lowest BCUT2D eigenvalue weighted by atomic mass is 10.1. The Labute approximate surface area is 167 Å². The first-order valence-corrected chi connectivity index (χ1v) is 9.70. The van der Waals surface area contributed by atoms with Crippen molar-refractivity contribution in [1.82, 2.24) is 15.5 Å². The van der Waals surface area contributed by atoms with Crippen LogP contribution in [0.25, 0.3) is 0 Å². The third kappa shape index (κ3) is 6.19. The molecule has 0 spiro atoms. The first-order valence-electron chi connectivity index (χ1n) is 9.70. The summed E-state index contributed by atoms with van der Waals surface area (Å²) in [7, 11) is 1.63. The second-order valence-electron chi connectivity index (χ2n) is 7.63. The molecule has 0 saturated carbocycles. The van der Waals surface area contributed by atoms with Crippen molar-refractivity contribution in [3.8, 4) is 0 Å². The number of hydrogen-bond donors (Lipinski definition) is 2. The van der Waals surface area contributed by atoms with Crippen LogP contribution in [0.4, 0.5) is 27.6 Å². The van der Waals surface area contributed by atoms with Crippen LogP contribution in [0.15, 0.2) is 23.2 Å². The molecular weight excluding hydrogens is 393 g/mol. The molecular formula is C19H26F5N5. The fourth-order valence-corrected chi connectivity index (χ4v) is 3.89. The molecule has 29 heavy (non-hydrogen) atoms. The molecule has 0 aromatic heterocycles. The summed E-state index contributed by atoms with van der Waals surface area (Å²) < 4.78 is 64.1. The maximum atomic E-state index is 13.4. The number of likely N-dealkylation sites (tertiary alicyclic amines) is 1. The van der Waals surface area contributed by atoms with E-state index in [9.17, 15) is 22.0 Å². The number of halogens is 5. The van der Waals surface area contributed by atoms with E-state index in [0.717, 1.165) is 19.0 Å². The molecule has 2 unspecified atom stereocenters. The number of nitrogens with one attached hydrogen (secondary N) is 2. The maximum Gasteiger partial charge on any atom is 0.401 e. The Morgan fingerprint density at radius 2 is 1.93 bits per heavy atom. The van der Waals surface area contributed by atoms with Gasteiger partial charge in [0.25, 0.3) is 0 Å².